The summed E-state index contributed by atoms with van der Waals surface area (Å²) in [5.41, 5.74) is 1.10. The fourth-order valence-corrected chi connectivity index (χ4v) is 2.81. The zero-order valence-corrected chi connectivity index (χ0v) is 14.8. The third kappa shape index (κ3) is 6.09. The number of rotatable bonds is 5. The van der Waals surface area contributed by atoms with Crippen LogP contribution < -0.4 is 5.32 Å². The standard InChI is InChI=1S/C15H21Br2NO/c1-15(2,3)13(7-8-16)18-14(19)10-11-5-4-6-12(17)9-11/h4-6,9,13H,7-8,10H2,1-3H3,(H,18,19). The zero-order chi connectivity index (χ0) is 14.5. The molecule has 1 aromatic rings. The van der Waals surface area contributed by atoms with E-state index in [1.165, 1.54) is 0 Å². The predicted octanol–water partition coefficient (Wildman–Crippen LogP) is 4.31. The van der Waals surface area contributed by atoms with Gasteiger partial charge in [-0.25, -0.2) is 0 Å². The van der Waals surface area contributed by atoms with E-state index in [1.54, 1.807) is 0 Å². The molecule has 19 heavy (non-hydrogen) atoms. The highest BCUT2D eigenvalue weighted by Crippen LogP contribution is 2.22. The van der Waals surface area contributed by atoms with Crippen LogP contribution in [0, 0.1) is 5.41 Å². The van der Waals surface area contributed by atoms with Crippen LogP contribution >= 0.6 is 31.9 Å². The van der Waals surface area contributed by atoms with Gasteiger partial charge in [0.25, 0.3) is 0 Å². The molecule has 106 valence electrons. The normalized spacial score (nSPS) is 13.1. The SMILES string of the molecule is CC(C)(C)C(CCBr)NC(=O)Cc1cccc(Br)c1. The van der Waals surface area contributed by atoms with Crippen LogP contribution in [-0.2, 0) is 11.2 Å². The third-order valence-electron chi connectivity index (χ3n) is 3.03. The first kappa shape index (κ1) is 16.7. The average molecular weight is 391 g/mol. The summed E-state index contributed by atoms with van der Waals surface area (Å²) < 4.78 is 1.01. The second-order valence-corrected chi connectivity index (χ2v) is 7.48. The first-order valence-corrected chi connectivity index (χ1v) is 8.34. The Hall–Kier alpha value is -0.350. The summed E-state index contributed by atoms with van der Waals surface area (Å²) in [6.45, 7) is 6.46. The Bertz CT molecular complexity index is 426. The molecule has 0 saturated heterocycles. The lowest BCUT2D eigenvalue weighted by molar-refractivity contribution is -0.121. The molecule has 0 radical (unpaired) electrons. The van der Waals surface area contributed by atoms with Crippen molar-refractivity contribution in [2.45, 2.75) is 39.7 Å². The molecule has 0 aliphatic carbocycles. The second-order valence-electron chi connectivity index (χ2n) is 5.77. The van der Waals surface area contributed by atoms with Gasteiger partial charge in [-0.2, -0.15) is 0 Å². The van der Waals surface area contributed by atoms with Gasteiger partial charge in [0.05, 0.1) is 6.42 Å². The van der Waals surface area contributed by atoms with Crippen molar-refractivity contribution >= 4 is 37.8 Å². The third-order valence-corrected chi connectivity index (χ3v) is 3.98. The molecule has 0 heterocycles. The van der Waals surface area contributed by atoms with E-state index in [-0.39, 0.29) is 17.4 Å². The van der Waals surface area contributed by atoms with Gasteiger partial charge in [-0.3, -0.25) is 4.79 Å². The molecule has 0 aromatic heterocycles. The maximum absolute atomic E-state index is 12.1. The summed E-state index contributed by atoms with van der Waals surface area (Å²) in [5, 5.41) is 4.04. The van der Waals surface area contributed by atoms with Crippen LogP contribution in [0.4, 0.5) is 0 Å². The molecule has 1 amide bonds. The number of carbonyl (C=O) groups is 1. The summed E-state index contributed by atoms with van der Waals surface area (Å²) in [5.74, 6) is 0.0824. The van der Waals surface area contributed by atoms with E-state index in [4.69, 9.17) is 0 Å². The van der Waals surface area contributed by atoms with Crippen molar-refractivity contribution in [2.75, 3.05) is 5.33 Å². The Labute approximate surface area is 132 Å². The van der Waals surface area contributed by atoms with Crippen LogP contribution in [0.3, 0.4) is 0 Å². The number of carbonyl (C=O) groups excluding carboxylic acids is 1. The van der Waals surface area contributed by atoms with Gasteiger partial charge in [-0.15, -0.1) is 0 Å². The van der Waals surface area contributed by atoms with Gasteiger partial charge < -0.3 is 5.32 Å². The molecule has 1 atom stereocenters. The van der Waals surface area contributed by atoms with Crippen molar-refractivity contribution in [3.63, 3.8) is 0 Å². The first-order valence-electron chi connectivity index (χ1n) is 6.42. The lowest BCUT2D eigenvalue weighted by Gasteiger charge is -2.31. The van der Waals surface area contributed by atoms with E-state index in [0.717, 1.165) is 21.8 Å². The minimum Gasteiger partial charge on any atom is -0.353 e. The molecule has 0 fully saturated rings. The van der Waals surface area contributed by atoms with Crippen molar-refractivity contribution in [3.8, 4) is 0 Å². The van der Waals surface area contributed by atoms with Gasteiger partial charge in [0.15, 0.2) is 0 Å². The first-order chi connectivity index (χ1) is 8.82. The molecule has 0 aliphatic rings. The summed E-state index contributed by atoms with van der Waals surface area (Å²) in [4.78, 5) is 12.1. The Balaban J connectivity index is 2.63. The summed E-state index contributed by atoms with van der Waals surface area (Å²) in [6, 6.07) is 8.06. The molecule has 0 saturated carbocycles. The average Bonchev–Trinajstić information content (AvgIpc) is 2.27. The molecule has 0 bridgehead atoms. The van der Waals surface area contributed by atoms with Crippen LogP contribution in [0.2, 0.25) is 0 Å². The van der Waals surface area contributed by atoms with Crippen LogP contribution in [0.15, 0.2) is 28.7 Å². The van der Waals surface area contributed by atoms with Crippen molar-refractivity contribution in [1.82, 2.24) is 5.32 Å². The Morgan fingerprint density at radius 1 is 1.37 bits per heavy atom. The molecule has 1 aromatic carbocycles. The van der Waals surface area contributed by atoms with E-state index < -0.39 is 0 Å². The van der Waals surface area contributed by atoms with E-state index in [1.807, 2.05) is 24.3 Å². The molecule has 1 unspecified atom stereocenters. The molecular weight excluding hydrogens is 370 g/mol. The van der Waals surface area contributed by atoms with E-state index in [2.05, 4.69) is 57.9 Å². The number of amides is 1. The van der Waals surface area contributed by atoms with Gasteiger partial charge in [-0.05, 0) is 29.5 Å². The van der Waals surface area contributed by atoms with Crippen LogP contribution in [0.5, 0.6) is 0 Å². The fraction of sp³-hybridized carbons (Fsp3) is 0.533. The smallest absolute Gasteiger partial charge is 0.224 e. The summed E-state index contributed by atoms with van der Waals surface area (Å²) >= 11 is 6.87. The molecule has 1 rings (SSSR count). The minimum atomic E-state index is 0.0701. The quantitative estimate of drug-likeness (QED) is 0.745. The van der Waals surface area contributed by atoms with Gasteiger partial charge in [0.1, 0.15) is 0 Å². The lowest BCUT2D eigenvalue weighted by Crippen LogP contribution is -2.44. The molecular formula is C15H21Br2NO. The van der Waals surface area contributed by atoms with Crippen molar-refractivity contribution in [3.05, 3.63) is 34.3 Å². The van der Waals surface area contributed by atoms with Gasteiger partial charge >= 0.3 is 0 Å². The molecule has 4 heteroatoms. The van der Waals surface area contributed by atoms with Crippen LogP contribution in [0.25, 0.3) is 0 Å². The fourth-order valence-electron chi connectivity index (χ4n) is 1.91. The predicted molar refractivity (Wildman–Crippen MR) is 87.6 cm³/mol. The summed E-state index contributed by atoms with van der Waals surface area (Å²) in [7, 11) is 0. The summed E-state index contributed by atoms with van der Waals surface area (Å²) in [6.07, 6.45) is 1.36. The Morgan fingerprint density at radius 2 is 2.05 bits per heavy atom. The highest BCUT2D eigenvalue weighted by atomic mass is 79.9. The van der Waals surface area contributed by atoms with Gasteiger partial charge in [-0.1, -0.05) is 64.8 Å². The topological polar surface area (TPSA) is 29.1 Å². The van der Waals surface area contributed by atoms with Gasteiger partial charge in [0, 0.05) is 15.8 Å². The van der Waals surface area contributed by atoms with E-state index >= 15 is 0 Å². The number of halogens is 2. The van der Waals surface area contributed by atoms with Crippen molar-refractivity contribution in [2.24, 2.45) is 5.41 Å². The molecule has 1 N–H and O–H groups in total. The number of hydrogen-bond donors (Lipinski definition) is 1. The zero-order valence-electron chi connectivity index (χ0n) is 11.7. The van der Waals surface area contributed by atoms with Crippen molar-refractivity contribution < 1.29 is 4.79 Å². The molecule has 0 spiro atoms. The maximum Gasteiger partial charge on any atom is 0.224 e. The lowest BCUT2D eigenvalue weighted by atomic mass is 9.85. The Kier molecular flexibility index (Phi) is 6.54. The van der Waals surface area contributed by atoms with Crippen molar-refractivity contribution in [1.29, 1.82) is 0 Å². The van der Waals surface area contributed by atoms with Gasteiger partial charge in [0.2, 0.25) is 5.91 Å². The second kappa shape index (κ2) is 7.44. The van der Waals surface area contributed by atoms with Crippen LogP contribution in [0.1, 0.15) is 32.8 Å². The number of alkyl halides is 1. The number of hydrogen-bond acceptors (Lipinski definition) is 1. The highest BCUT2D eigenvalue weighted by Gasteiger charge is 2.25. The van der Waals surface area contributed by atoms with E-state index in [9.17, 15) is 4.79 Å². The van der Waals surface area contributed by atoms with E-state index in [0.29, 0.717) is 6.42 Å². The number of nitrogens with one attached hydrogen (secondary N) is 1. The highest BCUT2D eigenvalue weighted by molar-refractivity contribution is 9.10. The molecule has 0 aliphatic heterocycles. The molecule has 2 nitrogen and oxygen atoms in total. The van der Waals surface area contributed by atoms with Crippen LogP contribution in [-0.4, -0.2) is 17.3 Å². The monoisotopic (exact) mass is 389 g/mol. The number of benzene rings is 1. The largest absolute Gasteiger partial charge is 0.353 e. The Morgan fingerprint density at radius 3 is 2.58 bits per heavy atom. The maximum atomic E-state index is 12.1. The minimum absolute atomic E-state index is 0.0701.